The molecule has 0 aliphatic carbocycles. The van der Waals surface area contributed by atoms with E-state index in [1.165, 1.54) is 0 Å². The van der Waals surface area contributed by atoms with Gasteiger partial charge in [0, 0.05) is 0 Å². The molecule has 1 heterocycles. The average molecular weight is 112 g/mol. The van der Waals surface area contributed by atoms with Crippen LogP contribution in [0.3, 0.4) is 0 Å². The van der Waals surface area contributed by atoms with Crippen molar-refractivity contribution in [2.75, 3.05) is 6.61 Å². The Morgan fingerprint density at radius 2 is 2.62 bits per heavy atom. The Balaban J connectivity index is 2.67. The molecular weight excluding hydrogens is 104 g/mol. The van der Waals surface area contributed by atoms with Crippen molar-refractivity contribution in [1.82, 2.24) is 0 Å². The molecule has 0 aromatic carbocycles. The summed E-state index contributed by atoms with van der Waals surface area (Å²) in [6.45, 7) is 2.30. The summed E-state index contributed by atoms with van der Waals surface area (Å²) in [5.41, 5.74) is -0.625. The first-order valence-corrected chi connectivity index (χ1v) is 2.55. The van der Waals surface area contributed by atoms with Crippen molar-refractivity contribution < 1.29 is 9.53 Å². The standard InChI is InChI=1S/C6H8O2/c1-6(5-7)3-2-4-8-6/h2-3,5H,4H2,1H3. The fraction of sp³-hybridized carbons (Fsp3) is 0.500. The number of carbonyl (C=O) groups is 1. The summed E-state index contributed by atoms with van der Waals surface area (Å²) in [5.74, 6) is 0. The molecule has 8 heavy (non-hydrogen) atoms. The summed E-state index contributed by atoms with van der Waals surface area (Å²) in [7, 11) is 0. The van der Waals surface area contributed by atoms with E-state index in [0.717, 1.165) is 6.29 Å². The van der Waals surface area contributed by atoms with Crippen molar-refractivity contribution in [2.45, 2.75) is 12.5 Å². The van der Waals surface area contributed by atoms with Gasteiger partial charge in [0.1, 0.15) is 5.60 Å². The highest BCUT2D eigenvalue weighted by atomic mass is 16.5. The highest BCUT2D eigenvalue weighted by Crippen LogP contribution is 2.13. The van der Waals surface area contributed by atoms with Gasteiger partial charge in [-0.2, -0.15) is 0 Å². The van der Waals surface area contributed by atoms with Crippen LogP contribution in [0.1, 0.15) is 6.92 Å². The Kier molecular flexibility index (Phi) is 1.18. The van der Waals surface area contributed by atoms with Crippen LogP contribution in [0.5, 0.6) is 0 Å². The lowest BCUT2D eigenvalue weighted by Gasteiger charge is -2.11. The van der Waals surface area contributed by atoms with Gasteiger partial charge in [-0.25, -0.2) is 0 Å². The second-order valence-electron chi connectivity index (χ2n) is 2.02. The van der Waals surface area contributed by atoms with E-state index in [1.807, 2.05) is 6.08 Å². The number of aldehydes is 1. The normalized spacial score (nSPS) is 35.6. The first-order chi connectivity index (χ1) is 3.77. The third-order valence-corrected chi connectivity index (χ3v) is 1.17. The number of hydrogen-bond donors (Lipinski definition) is 0. The quantitative estimate of drug-likeness (QED) is 0.365. The fourth-order valence-electron chi connectivity index (χ4n) is 0.631. The summed E-state index contributed by atoms with van der Waals surface area (Å²) < 4.78 is 5.01. The first-order valence-electron chi connectivity index (χ1n) is 2.55. The minimum Gasteiger partial charge on any atom is -0.360 e. The number of ether oxygens (including phenoxy) is 1. The van der Waals surface area contributed by atoms with Crippen molar-refractivity contribution in [1.29, 1.82) is 0 Å². The molecule has 0 saturated heterocycles. The molecule has 2 nitrogen and oxygen atoms in total. The monoisotopic (exact) mass is 112 g/mol. The highest BCUT2D eigenvalue weighted by Gasteiger charge is 2.22. The first kappa shape index (κ1) is 5.51. The zero-order valence-electron chi connectivity index (χ0n) is 4.76. The Hall–Kier alpha value is -0.630. The number of carbonyl (C=O) groups excluding carboxylic acids is 1. The van der Waals surface area contributed by atoms with Crippen molar-refractivity contribution in [3.05, 3.63) is 12.2 Å². The molecule has 0 spiro atoms. The molecule has 0 aromatic heterocycles. The topological polar surface area (TPSA) is 26.3 Å². The van der Waals surface area contributed by atoms with Crippen LogP contribution in [0, 0.1) is 0 Å². The van der Waals surface area contributed by atoms with E-state index in [1.54, 1.807) is 13.0 Å². The average Bonchev–Trinajstić information content (AvgIpc) is 2.17. The Morgan fingerprint density at radius 1 is 1.88 bits per heavy atom. The highest BCUT2D eigenvalue weighted by molar-refractivity contribution is 5.66. The molecule has 1 unspecified atom stereocenters. The molecule has 0 radical (unpaired) electrons. The van der Waals surface area contributed by atoms with E-state index in [2.05, 4.69) is 0 Å². The summed E-state index contributed by atoms with van der Waals surface area (Å²) in [6.07, 6.45) is 4.41. The third-order valence-electron chi connectivity index (χ3n) is 1.17. The zero-order chi connectivity index (χ0) is 6.04. The summed E-state index contributed by atoms with van der Waals surface area (Å²) in [6, 6.07) is 0. The summed E-state index contributed by atoms with van der Waals surface area (Å²) >= 11 is 0. The molecule has 1 rings (SSSR count). The van der Waals surface area contributed by atoms with Crippen LogP contribution in [0.2, 0.25) is 0 Å². The fourth-order valence-corrected chi connectivity index (χ4v) is 0.631. The Morgan fingerprint density at radius 3 is 2.88 bits per heavy atom. The lowest BCUT2D eigenvalue weighted by Crippen LogP contribution is -2.23. The van der Waals surface area contributed by atoms with Gasteiger partial charge in [0.05, 0.1) is 6.61 Å². The largest absolute Gasteiger partial charge is 0.360 e. The van der Waals surface area contributed by atoms with Crippen molar-refractivity contribution in [2.24, 2.45) is 0 Å². The lowest BCUT2D eigenvalue weighted by atomic mass is 10.1. The van der Waals surface area contributed by atoms with Crippen LogP contribution in [0.4, 0.5) is 0 Å². The van der Waals surface area contributed by atoms with Crippen LogP contribution < -0.4 is 0 Å². The van der Waals surface area contributed by atoms with Crippen LogP contribution in [0.15, 0.2) is 12.2 Å². The molecule has 0 aromatic rings. The Bertz CT molecular complexity index is 128. The van der Waals surface area contributed by atoms with Gasteiger partial charge in [0.2, 0.25) is 0 Å². The van der Waals surface area contributed by atoms with Gasteiger partial charge in [-0.1, -0.05) is 6.08 Å². The van der Waals surface area contributed by atoms with Gasteiger partial charge in [0.15, 0.2) is 6.29 Å². The second kappa shape index (κ2) is 1.71. The van der Waals surface area contributed by atoms with Crippen LogP contribution in [-0.4, -0.2) is 18.5 Å². The van der Waals surface area contributed by atoms with Crippen molar-refractivity contribution in [3.63, 3.8) is 0 Å². The van der Waals surface area contributed by atoms with Crippen LogP contribution >= 0.6 is 0 Å². The molecule has 0 saturated carbocycles. The molecule has 0 bridgehead atoms. The van der Waals surface area contributed by atoms with Crippen molar-refractivity contribution >= 4 is 6.29 Å². The predicted molar refractivity (Wildman–Crippen MR) is 29.6 cm³/mol. The maximum absolute atomic E-state index is 10.2. The summed E-state index contributed by atoms with van der Waals surface area (Å²) in [4.78, 5) is 10.2. The Labute approximate surface area is 48.1 Å². The van der Waals surface area contributed by atoms with E-state index in [9.17, 15) is 4.79 Å². The third kappa shape index (κ3) is 0.793. The molecule has 0 amide bonds. The van der Waals surface area contributed by atoms with Crippen LogP contribution in [-0.2, 0) is 9.53 Å². The van der Waals surface area contributed by atoms with Gasteiger partial charge >= 0.3 is 0 Å². The van der Waals surface area contributed by atoms with E-state index in [4.69, 9.17) is 4.74 Å². The van der Waals surface area contributed by atoms with Gasteiger partial charge in [-0.05, 0) is 13.0 Å². The van der Waals surface area contributed by atoms with Gasteiger partial charge in [-0.3, -0.25) is 4.79 Å². The van der Waals surface area contributed by atoms with E-state index < -0.39 is 5.60 Å². The molecule has 1 aliphatic heterocycles. The van der Waals surface area contributed by atoms with Gasteiger partial charge in [0.25, 0.3) is 0 Å². The molecule has 1 aliphatic rings. The molecule has 2 heteroatoms. The van der Waals surface area contributed by atoms with Crippen molar-refractivity contribution in [3.8, 4) is 0 Å². The molecule has 1 atom stereocenters. The minimum atomic E-state index is -0.625. The smallest absolute Gasteiger partial charge is 0.155 e. The maximum Gasteiger partial charge on any atom is 0.155 e. The van der Waals surface area contributed by atoms with E-state index >= 15 is 0 Å². The summed E-state index contributed by atoms with van der Waals surface area (Å²) in [5, 5.41) is 0. The van der Waals surface area contributed by atoms with E-state index in [-0.39, 0.29) is 0 Å². The van der Waals surface area contributed by atoms with E-state index in [0.29, 0.717) is 6.61 Å². The zero-order valence-corrected chi connectivity index (χ0v) is 4.76. The SMILES string of the molecule is CC1(C=O)C=CCO1. The molecule has 44 valence electrons. The minimum absolute atomic E-state index is 0.565. The molecule has 0 N–H and O–H groups in total. The van der Waals surface area contributed by atoms with Gasteiger partial charge in [-0.15, -0.1) is 0 Å². The molecular formula is C6H8O2. The van der Waals surface area contributed by atoms with Crippen LogP contribution in [0.25, 0.3) is 0 Å². The predicted octanol–water partition coefficient (Wildman–Crippen LogP) is 0.530. The lowest BCUT2D eigenvalue weighted by molar-refractivity contribution is -0.121. The number of hydrogen-bond acceptors (Lipinski definition) is 2. The number of rotatable bonds is 1. The second-order valence-corrected chi connectivity index (χ2v) is 2.02. The van der Waals surface area contributed by atoms with Gasteiger partial charge < -0.3 is 4.74 Å². The maximum atomic E-state index is 10.2. The molecule has 0 fully saturated rings.